The third-order valence-electron chi connectivity index (χ3n) is 4.59. The molecule has 3 N–H and O–H groups in total. The summed E-state index contributed by atoms with van der Waals surface area (Å²) in [5.41, 5.74) is 6.28. The summed E-state index contributed by atoms with van der Waals surface area (Å²) in [6.07, 6.45) is 5.14. The fourth-order valence-electron chi connectivity index (χ4n) is 3.24. The number of hydrogen-bond donors (Lipinski definition) is 2. The predicted molar refractivity (Wildman–Crippen MR) is 94.2 cm³/mol. The van der Waals surface area contributed by atoms with Crippen LogP contribution in [0.25, 0.3) is 0 Å². The van der Waals surface area contributed by atoms with E-state index in [4.69, 9.17) is 10.3 Å². The van der Waals surface area contributed by atoms with Gasteiger partial charge in [-0.2, -0.15) is 4.98 Å². The van der Waals surface area contributed by atoms with Crippen molar-refractivity contribution in [2.24, 2.45) is 5.73 Å². The summed E-state index contributed by atoms with van der Waals surface area (Å²) >= 11 is 0. The van der Waals surface area contributed by atoms with Gasteiger partial charge in [-0.05, 0) is 24.8 Å². The van der Waals surface area contributed by atoms with Crippen LogP contribution in [0.15, 0.2) is 34.9 Å². The Morgan fingerprint density at radius 2 is 1.96 bits per heavy atom. The molecule has 8 heteroatoms. The third-order valence-corrected chi connectivity index (χ3v) is 4.59. The van der Waals surface area contributed by atoms with E-state index in [0.717, 1.165) is 32.1 Å². The highest BCUT2D eigenvalue weighted by Crippen LogP contribution is 2.24. The molecule has 1 aliphatic carbocycles. The van der Waals surface area contributed by atoms with Crippen LogP contribution in [0.4, 0.5) is 4.79 Å². The highest BCUT2D eigenvalue weighted by Gasteiger charge is 2.26. The number of hydrogen-bond acceptors (Lipinski definition) is 5. The van der Waals surface area contributed by atoms with Gasteiger partial charge in [0.2, 0.25) is 0 Å². The van der Waals surface area contributed by atoms with E-state index < -0.39 is 5.91 Å². The van der Waals surface area contributed by atoms with Crippen LogP contribution in [0.1, 0.15) is 47.8 Å². The van der Waals surface area contributed by atoms with Gasteiger partial charge >= 0.3 is 17.8 Å². The van der Waals surface area contributed by atoms with Crippen LogP contribution < -0.4 is 11.1 Å². The SMILES string of the molecule is NC(=O)c1nc(CNC(=O)N(CCc2ccccc2)C2CCCC2)no1. The lowest BCUT2D eigenvalue weighted by Crippen LogP contribution is -2.46. The molecule has 1 aromatic carbocycles. The van der Waals surface area contributed by atoms with Crippen LogP contribution in [-0.4, -0.2) is 39.6 Å². The molecule has 138 valence electrons. The molecule has 0 atom stereocenters. The van der Waals surface area contributed by atoms with E-state index in [1.54, 1.807) is 0 Å². The lowest BCUT2D eigenvalue weighted by molar-refractivity contribution is 0.0958. The van der Waals surface area contributed by atoms with Crippen LogP contribution in [0.2, 0.25) is 0 Å². The molecule has 3 amide bonds. The Morgan fingerprint density at radius 3 is 2.62 bits per heavy atom. The van der Waals surface area contributed by atoms with Gasteiger partial charge in [0, 0.05) is 12.6 Å². The summed E-state index contributed by atoms with van der Waals surface area (Å²) in [6.45, 7) is 0.740. The average molecular weight is 357 g/mol. The van der Waals surface area contributed by atoms with Crippen molar-refractivity contribution in [2.75, 3.05) is 6.54 Å². The molecular formula is C18H23N5O3. The number of carbonyl (C=O) groups is 2. The first-order valence-electron chi connectivity index (χ1n) is 8.84. The van der Waals surface area contributed by atoms with Crippen molar-refractivity contribution in [1.82, 2.24) is 20.4 Å². The predicted octanol–water partition coefficient (Wildman–Crippen LogP) is 1.87. The highest BCUT2D eigenvalue weighted by atomic mass is 16.5. The Kier molecular flexibility index (Phi) is 5.83. The van der Waals surface area contributed by atoms with Crippen LogP contribution in [0.3, 0.4) is 0 Å². The van der Waals surface area contributed by atoms with Gasteiger partial charge < -0.3 is 20.5 Å². The van der Waals surface area contributed by atoms with Crippen molar-refractivity contribution < 1.29 is 14.1 Å². The zero-order valence-corrected chi connectivity index (χ0v) is 14.6. The van der Waals surface area contributed by atoms with Gasteiger partial charge in [0.15, 0.2) is 5.82 Å². The van der Waals surface area contributed by atoms with Crippen LogP contribution >= 0.6 is 0 Å². The van der Waals surface area contributed by atoms with Crippen molar-refractivity contribution in [3.8, 4) is 0 Å². The van der Waals surface area contributed by atoms with Gasteiger partial charge in [0.25, 0.3) is 0 Å². The second-order valence-electron chi connectivity index (χ2n) is 6.41. The average Bonchev–Trinajstić information content (AvgIpc) is 3.33. The van der Waals surface area contributed by atoms with Crippen molar-refractivity contribution in [3.05, 3.63) is 47.6 Å². The molecule has 0 spiro atoms. The quantitative estimate of drug-likeness (QED) is 0.785. The van der Waals surface area contributed by atoms with Crippen LogP contribution in [-0.2, 0) is 13.0 Å². The minimum absolute atomic E-state index is 0.0875. The van der Waals surface area contributed by atoms with E-state index in [2.05, 4.69) is 27.6 Å². The Bertz CT molecular complexity index is 740. The van der Waals surface area contributed by atoms with Gasteiger partial charge in [-0.3, -0.25) is 4.79 Å². The summed E-state index contributed by atoms with van der Waals surface area (Å²) in [5.74, 6) is -0.821. The first-order valence-corrected chi connectivity index (χ1v) is 8.84. The number of urea groups is 1. The molecule has 1 saturated carbocycles. The molecule has 2 aromatic rings. The molecule has 0 saturated heterocycles. The summed E-state index contributed by atoms with van der Waals surface area (Å²) in [4.78, 5) is 29.4. The zero-order valence-electron chi connectivity index (χ0n) is 14.6. The Labute approximate surface area is 151 Å². The monoisotopic (exact) mass is 357 g/mol. The number of nitrogens with two attached hydrogens (primary N) is 1. The number of amides is 3. The molecule has 0 unspecified atom stereocenters. The molecular weight excluding hydrogens is 334 g/mol. The van der Waals surface area contributed by atoms with E-state index in [9.17, 15) is 9.59 Å². The van der Waals surface area contributed by atoms with Crippen LogP contribution in [0.5, 0.6) is 0 Å². The van der Waals surface area contributed by atoms with Gasteiger partial charge in [-0.25, -0.2) is 4.79 Å². The number of primary amides is 1. The van der Waals surface area contributed by atoms with E-state index in [1.807, 2.05) is 23.1 Å². The van der Waals surface area contributed by atoms with Gasteiger partial charge in [0.05, 0.1) is 6.54 Å². The molecule has 8 nitrogen and oxygen atoms in total. The Morgan fingerprint density at radius 1 is 1.23 bits per heavy atom. The molecule has 1 fully saturated rings. The molecule has 0 bridgehead atoms. The highest BCUT2D eigenvalue weighted by molar-refractivity contribution is 5.87. The molecule has 26 heavy (non-hydrogen) atoms. The van der Waals surface area contributed by atoms with Crippen LogP contribution in [0, 0.1) is 0 Å². The van der Waals surface area contributed by atoms with E-state index in [-0.39, 0.29) is 30.3 Å². The maximum absolute atomic E-state index is 12.7. The summed E-state index contributed by atoms with van der Waals surface area (Å²) < 4.78 is 4.72. The Balaban J connectivity index is 1.59. The molecule has 1 heterocycles. The largest absolute Gasteiger partial charge is 0.361 e. The van der Waals surface area contributed by atoms with Gasteiger partial charge in [0.1, 0.15) is 0 Å². The number of carbonyl (C=O) groups excluding carboxylic acids is 2. The van der Waals surface area contributed by atoms with Gasteiger partial charge in [-0.1, -0.05) is 48.3 Å². The van der Waals surface area contributed by atoms with Crippen molar-refractivity contribution >= 4 is 11.9 Å². The first kappa shape index (κ1) is 17.9. The summed E-state index contributed by atoms with van der Waals surface area (Å²) in [6, 6.07) is 10.2. The molecule has 0 aliphatic heterocycles. The van der Waals surface area contributed by atoms with E-state index in [0.29, 0.717) is 6.54 Å². The molecule has 1 aliphatic rings. The zero-order chi connectivity index (χ0) is 18.4. The summed E-state index contributed by atoms with van der Waals surface area (Å²) in [5, 5.41) is 6.45. The third kappa shape index (κ3) is 4.59. The lowest BCUT2D eigenvalue weighted by atomic mass is 10.1. The lowest BCUT2D eigenvalue weighted by Gasteiger charge is -2.29. The minimum Gasteiger partial charge on any atom is -0.361 e. The number of rotatable bonds is 7. The fourth-order valence-corrected chi connectivity index (χ4v) is 3.24. The first-order chi connectivity index (χ1) is 12.6. The van der Waals surface area contributed by atoms with E-state index >= 15 is 0 Å². The van der Waals surface area contributed by atoms with Crippen molar-refractivity contribution in [3.63, 3.8) is 0 Å². The second kappa shape index (κ2) is 8.46. The minimum atomic E-state index is -0.787. The fraction of sp³-hybridized carbons (Fsp3) is 0.444. The molecule has 0 radical (unpaired) electrons. The maximum Gasteiger partial charge on any atom is 0.318 e. The van der Waals surface area contributed by atoms with Crippen molar-refractivity contribution in [1.29, 1.82) is 0 Å². The number of nitrogens with zero attached hydrogens (tertiary/aromatic N) is 3. The number of benzene rings is 1. The maximum atomic E-state index is 12.7. The molecule has 3 rings (SSSR count). The topological polar surface area (TPSA) is 114 Å². The molecule has 1 aromatic heterocycles. The van der Waals surface area contributed by atoms with E-state index in [1.165, 1.54) is 5.56 Å². The summed E-state index contributed by atoms with van der Waals surface area (Å²) in [7, 11) is 0. The van der Waals surface area contributed by atoms with Gasteiger partial charge in [-0.15, -0.1) is 0 Å². The number of aromatic nitrogens is 2. The number of nitrogens with one attached hydrogen (secondary N) is 1. The smallest absolute Gasteiger partial charge is 0.318 e. The Hall–Kier alpha value is -2.90. The standard InChI is InChI=1S/C18H23N5O3/c19-16(24)17-21-15(22-26-17)12-20-18(25)23(14-8-4-5-9-14)11-10-13-6-2-1-3-7-13/h1-3,6-7,14H,4-5,8-12H2,(H2,19,24)(H,20,25). The normalized spacial score (nSPS) is 14.3. The second-order valence-corrected chi connectivity index (χ2v) is 6.41. The van der Waals surface area contributed by atoms with Crippen molar-refractivity contribution in [2.45, 2.75) is 44.7 Å².